The summed E-state index contributed by atoms with van der Waals surface area (Å²) in [5.41, 5.74) is 3.12. The smallest absolute Gasteiger partial charge is 0.274 e. The van der Waals surface area contributed by atoms with Gasteiger partial charge in [0.2, 0.25) is 5.91 Å². The van der Waals surface area contributed by atoms with Crippen LogP contribution in [0.3, 0.4) is 0 Å². The van der Waals surface area contributed by atoms with Crippen LogP contribution in [0.4, 0.5) is 0 Å². The molecule has 0 radical (unpaired) electrons. The molecule has 2 aromatic rings. The van der Waals surface area contributed by atoms with E-state index in [2.05, 4.69) is 5.10 Å². The Morgan fingerprint density at radius 3 is 2.48 bits per heavy atom. The van der Waals surface area contributed by atoms with Gasteiger partial charge in [0, 0.05) is 51.9 Å². The molecule has 1 saturated heterocycles. The molecule has 0 aliphatic carbocycles. The van der Waals surface area contributed by atoms with Gasteiger partial charge in [-0.2, -0.15) is 5.10 Å². The van der Waals surface area contributed by atoms with Crippen LogP contribution in [0.1, 0.15) is 40.2 Å². The highest BCUT2D eigenvalue weighted by molar-refractivity contribution is 5.93. The number of piperidine rings is 1. The first kappa shape index (κ1) is 21.4. The Bertz CT molecular complexity index is 972. The summed E-state index contributed by atoms with van der Waals surface area (Å²) >= 11 is 0. The van der Waals surface area contributed by atoms with E-state index in [1.165, 1.54) is 0 Å². The number of ether oxygens (including phenoxy) is 2. The molecule has 2 amide bonds. The molecule has 1 spiro atoms. The van der Waals surface area contributed by atoms with Gasteiger partial charge >= 0.3 is 0 Å². The van der Waals surface area contributed by atoms with Gasteiger partial charge in [0.25, 0.3) is 5.91 Å². The topological polar surface area (TPSA) is 76.9 Å². The summed E-state index contributed by atoms with van der Waals surface area (Å²) < 4.78 is 13.3. The number of nitrogens with zero attached hydrogens (tertiary/aromatic N) is 4. The minimum absolute atomic E-state index is 0.102. The Morgan fingerprint density at radius 2 is 1.87 bits per heavy atom. The van der Waals surface area contributed by atoms with Crippen LogP contribution in [-0.4, -0.2) is 71.3 Å². The molecule has 0 saturated carbocycles. The number of methoxy groups -OCH3 is 1. The summed E-state index contributed by atoms with van der Waals surface area (Å²) in [5, 5.41) is 4.47. The molecule has 0 atom stereocenters. The third-order valence-corrected chi connectivity index (χ3v) is 6.44. The van der Waals surface area contributed by atoms with Crippen LogP contribution in [0.2, 0.25) is 0 Å². The molecule has 1 aromatic carbocycles. The minimum Gasteiger partial charge on any atom is -0.497 e. The normalized spacial score (nSPS) is 17.4. The summed E-state index contributed by atoms with van der Waals surface area (Å²) in [6.07, 6.45) is 2.67. The van der Waals surface area contributed by atoms with Crippen LogP contribution < -0.4 is 4.74 Å². The highest BCUT2D eigenvalue weighted by Gasteiger charge is 2.42. The fourth-order valence-corrected chi connectivity index (χ4v) is 4.46. The summed E-state index contributed by atoms with van der Waals surface area (Å²) in [4.78, 5) is 28.7. The Kier molecular flexibility index (Phi) is 5.75. The van der Waals surface area contributed by atoms with Crippen LogP contribution >= 0.6 is 0 Å². The van der Waals surface area contributed by atoms with Crippen LogP contribution in [0.25, 0.3) is 0 Å². The van der Waals surface area contributed by atoms with E-state index in [1.54, 1.807) is 26.1 Å². The van der Waals surface area contributed by atoms with Crippen LogP contribution in [0.5, 0.6) is 5.75 Å². The van der Waals surface area contributed by atoms with Crippen molar-refractivity contribution in [1.29, 1.82) is 0 Å². The number of benzene rings is 1. The molecule has 0 bridgehead atoms. The van der Waals surface area contributed by atoms with Gasteiger partial charge in [0.15, 0.2) is 5.69 Å². The molecule has 2 aliphatic heterocycles. The van der Waals surface area contributed by atoms with Crippen LogP contribution in [0, 0.1) is 0 Å². The van der Waals surface area contributed by atoms with E-state index in [9.17, 15) is 9.59 Å². The molecule has 0 N–H and O–H groups in total. The predicted molar refractivity (Wildman–Crippen MR) is 115 cm³/mol. The van der Waals surface area contributed by atoms with Gasteiger partial charge in [-0.1, -0.05) is 12.1 Å². The highest BCUT2D eigenvalue weighted by atomic mass is 16.5. The number of hydrogen-bond acceptors (Lipinski definition) is 5. The third-order valence-electron chi connectivity index (χ3n) is 6.44. The fraction of sp³-hybridized carbons (Fsp3) is 0.522. The van der Waals surface area contributed by atoms with Crippen molar-refractivity contribution >= 4 is 11.8 Å². The van der Waals surface area contributed by atoms with E-state index in [4.69, 9.17) is 9.47 Å². The minimum atomic E-state index is -0.296. The van der Waals surface area contributed by atoms with Gasteiger partial charge in [0.1, 0.15) is 5.75 Å². The van der Waals surface area contributed by atoms with Gasteiger partial charge in [-0.3, -0.25) is 14.3 Å². The molecule has 4 rings (SSSR count). The lowest BCUT2D eigenvalue weighted by molar-refractivity contribution is -0.140. The summed E-state index contributed by atoms with van der Waals surface area (Å²) in [5.74, 6) is 0.821. The Hall–Kier alpha value is -2.87. The average molecular weight is 427 g/mol. The zero-order valence-electron chi connectivity index (χ0n) is 18.7. The van der Waals surface area contributed by atoms with E-state index in [-0.39, 0.29) is 17.4 Å². The second kappa shape index (κ2) is 8.34. The Balaban J connectivity index is 1.39. The number of likely N-dealkylation sites (tertiary alicyclic amines) is 1. The number of aryl methyl sites for hydroxylation is 1. The van der Waals surface area contributed by atoms with Crippen molar-refractivity contribution in [3.05, 3.63) is 46.8 Å². The molecule has 31 heavy (non-hydrogen) atoms. The quantitative estimate of drug-likeness (QED) is 0.745. The maximum atomic E-state index is 12.8. The van der Waals surface area contributed by atoms with Gasteiger partial charge in [-0.05, 0) is 30.5 Å². The molecule has 0 unspecified atom stereocenters. The van der Waals surface area contributed by atoms with E-state index in [0.717, 1.165) is 35.4 Å². The van der Waals surface area contributed by atoms with Crippen molar-refractivity contribution in [3.63, 3.8) is 0 Å². The maximum Gasteiger partial charge on any atom is 0.274 e. The first-order valence-electron chi connectivity index (χ1n) is 10.6. The average Bonchev–Trinajstić information content (AvgIpc) is 3.09. The Labute approximate surface area is 182 Å². The van der Waals surface area contributed by atoms with E-state index >= 15 is 0 Å². The SMILES string of the molecule is COc1ccc(CC(=O)N2CCC3(CC2)Cc2c(c(C(=O)N(C)C)nn2C)CO3)cc1. The van der Waals surface area contributed by atoms with Crippen molar-refractivity contribution in [1.82, 2.24) is 19.6 Å². The fourth-order valence-electron chi connectivity index (χ4n) is 4.46. The second-order valence-corrected chi connectivity index (χ2v) is 8.65. The number of aromatic nitrogens is 2. The van der Waals surface area contributed by atoms with E-state index in [1.807, 2.05) is 40.9 Å². The van der Waals surface area contributed by atoms with Crippen molar-refractivity contribution in [2.24, 2.45) is 7.05 Å². The lowest BCUT2D eigenvalue weighted by Gasteiger charge is -2.44. The molecule has 1 aromatic heterocycles. The van der Waals surface area contributed by atoms with Gasteiger partial charge in [-0.25, -0.2) is 0 Å². The maximum absolute atomic E-state index is 12.8. The lowest BCUT2D eigenvalue weighted by atomic mass is 9.83. The number of rotatable bonds is 4. The molecular formula is C23H30N4O4. The highest BCUT2D eigenvalue weighted by Crippen LogP contribution is 2.37. The first-order valence-corrected chi connectivity index (χ1v) is 10.6. The molecular weight excluding hydrogens is 396 g/mol. The molecule has 8 nitrogen and oxygen atoms in total. The monoisotopic (exact) mass is 426 g/mol. The van der Waals surface area contributed by atoms with Gasteiger partial charge in [-0.15, -0.1) is 0 Å². The van der Waals surface area contributed by atoms with E-state index in [0.29, 0.717) is 38.2 Å². The zero-order valence-corrected chi connectivity index (χ0v) is 18.7. The summed E-state index contributed by atoms with van der Waals surface area (Å²) in [7, 11) is 6.98. The first-order chi connectivity index (χ1) is 14.8. The van der Waals surface area contributed by atoms with E-state index < -0.39 is 0 Å². The summed E-state index contributed by atoms with van der Waals surface area (Å²) in [6, 6.07) is 7.63. The largest absolute Gasteiger partial charge is 0.497 e. The zero-order chi connectivity index (χ0) is 22.2. The second-order valence-electron chi connectivity index (χ2n) is 8.65. The number of carbonyl (C=O) groups excluding carboxylic acids is 2. The molecule has 3 heterocycles. The third kappa shape index (κ3) is 4.17. The lowest BCUT2D eigenvalue weighted by Crippen LogP contribution is -2.51. The van der Waals surface area contributed by atoms with Gasteiger partial charge < -0.3 is 19.3 Å². The molecule has 2 aliphatic rings. The number of fused-ring (bicyclic) bond motifs is 1. The number of carbonyl (C=O) groups is 2. The van der Waals surface area contributed by atoms with Crippen LogP contribution in [-0.2, 0) is 36.0 Å². The van der Waals surface area contributed by atoms with Crippen molar-refractivity contribution in [3.8, 4) is 5.75 Å². The standard InChI is InChI=1S/C23H30N4O4/c1-25(2)22(29)21-18-15-31-23(14-19(18)26(3)24-21)9-11-27(12-10-23)20(28)13-16-5-7-17(30-4)8-6-16/h5-8H,9-15H2,1-4H3. The molecule has 8 heteroatoms. The number of amides is 2. The van der Waals surface area contributed by atoms with Gasteiger partial charge in [0.05, 0.1) is 25.7 Å². The summed E-state index contributed by atoms with van der Waals surface area (Å²) in [6.45, 7) is 1.73. The molecule has 1 fully saturated rings. The van der Waals surface area contributed by atoms with Crippen molar-refractivity contribution < 1.29 is 19.1 Å². The molecule has 166 valence electrons. The number of hydrogen-bond donors (Lipinski definition) is 0. The van der Waals surface area contributed by atoms with Crippen LogP contribution in [0.15, 0.2) is 24.3 Å². The predicted octanol–water partition coefficient (Wildman–Crippen LogP) is 1.81. The van der Waals surface area contributed by atoms with Crippen molar-refractivity contribution in [2.45, 2.75) is 37.9 Å². The van der Waals surface area contributed by atoms with Crippen molar-refractivity contribution in [2.75, 3.05) is 34.3 Å². The Morgan fingerprint density at radius 1 is 1.19 bits per heavy atom.